The molecule has 43 heavy (non-hydrogen) atoms. The third-order valence-electron chi connectivity index (χ3n) is 6.98. The van der Waals surface area contributed by atoms with Crippen LogP contribution < -0.4 is 0 Å². The molecule has 0 aliphatic heterocycles. The van der Waals surface area contributed by atoms with Gasteiger partial charge < -0.3 is 19.3 Å². The predicted octanol–water partition coefficient (Wildman–Crippen LogP) is 9.45. The number of hydrogen-bond acceptors (Lipinski definition) is 6. The third-order valence-corrected chi connectivity index (χ3v) is 7.47. The Morgan fingerprint density at radius 1 is 0.628 bits per heavy atom. The fourth-order valence-corrected chi connectivity index (χ4v) is 4.85. The van der Waals surface area contributed by atoms with Gasteiger partial charge in [-0.2, -0.15) is 0 Å². The maximum absolute atomic E-state index is 12.3. The zero-order chi connectivity index (χ0) is 31.9. The molecule has 8 nitrogen and oxygen atoms in total. The van der Waals surface area contributed by atoms with Crippen LogP contribution in [0.25, 0.3) is 0 Å². The Kier molecular flexibility index (Phi) is 29.1. The van der Waals surface area contributed by atoms with Crippen molar-refractivity contribution in [2.75, 3.05) is 13.2 Å². The molecule has 0 aromatic rings. The molecule has 0 aliphatic carbocycles. The van der Waals surface area contributed by atoms with Gasteiger partial charge in [0.05, 0.1) is 6.61 Å². The van der Waals surface area contributed by atoms with E-state index >= 15 is 0 Å². The van der Waals surface area contributed by atoms with Crippen molar-refractivity contribution < 1.29 is 37.9 Å². The van der Waals surface area contributed by atoms with Crippen LogP contribution in [0.15, 0.2) is 36.5 Å². The number of carbonyl (C=O) groups excluding carboxylic acids is 2. The Labute approximate surface area is 262 Å². The lowest BCUT2D eigenvalue weighted by atomic mass is 10.0. The second kappa shape index (κ2) is 30.3. The van der Waals surface area contributed by atoms with Gasteiger partial charge in [-0.1, -0.05) is 140 Å². The first-order valence-electron chi connectivity index (χ1n) is 16.8. The number of phosphoric ester groups is 1. The number of ether oxygens (including phenoxy) is 2. The van der Waals surface area contributed by atoms with E-state index in [9.17, 15) is 14.2 Å². The average molecular weight is 629 g/mol. The Morgan fingerprint density at radius 2 is 1.12 bits per heavy atom. The predicted molar refractivity (Wildman–Crippen MR) is 175 cm³/mol. The van der Waals surface area contributed by atoms with E-state index in [-0.39, 0.29) is 19.4 Å². The first kappa shape index (κ1) is 41.3. The molecule has 0 bridgehead atoms. The molecule has 0 fully saturated rings. The van der Waals surface area contributed by atoms with Crippen molar-refractivity contribution in [1.82, 2.24) is 0 Å². The fourth-order valence-electron chi connectivity index (χ4n) is 4.49. The standard InChI is InChI=1S/C34H61O8P/c1-3-5-7-9-11-13-15-17-19-21-23-25-27-29-34(36)42-32(31-41-43(37,38)39)30-40-33(35)28-26-24-22-20-18-16-14-12-10-8-6-4-2/h5,7,9,11,13,15,32H,3-4,6,8,10,12,14,16-31H2,1-2H3,(H2,37,38,39)/b7-5+,11-9+,15-13+. The third kappa shape index (κ3) is 33.0. The molecule has 250 valence electrons. The lowest BCUT2D eigenvalue weighted by Crippen LogP contribution is -2.29. The number of phosphoric acid groups is 1. The van der Waals surface area contributed by atoms with Gasteiger partial charge in [-0.15, -0.1) is 0 Å². The Morgan fingerprint density at radius 3 is 1.65 bits per heavy atom. The summed E-state index contributed by atoms with van der Waals surface area (Å²) in [5.41, 5.74) is 0. The van der Waals surface area contributed by atoms with Gasteiger partial charge in [0, 0.05) is 12.8 Å². The van der Waals surface area contributed by atoms with Gasteiger partial charge in [-0.25, -0.2) is 4.57 Å². The lowest BCUT2D eigenvalue weighted by Gasteiger charge is -2.18. The smallest absolute Gasteiger partial charge is 0.462 e. The molecular weight excluding hydrogens is 567 g/mol. The quantitative estimate of drug-likeness (QED) is 0.0349. The van der Waals surface area contributed by atoms with Crippen molar-refractivity contribution in [2.45, 2.75) is 155 Å². The normalized spacial score (nSPS) is 12.9. The number of esters is 2. The van der Waals surface area contributed by atoms with Gasteiger partial charge in [-0.3, -0.25) is 14.1 Å². The molecule has 1 unspecified atom stereocenters. The number of allylic oxidation sites excluding steroid dienone is 6. The van der Waals surface area contributed by atoms with Crippen molar-refractivity contribution in [3.8, 4) is 0 Å². The van der Waals surface area contributed by atoms with Crippen LogP contribution in [0.5, 0.6) is 0 Å². The highest BCUT2D eigenvalue weighted by Gasteiger charge is 2.22. The molecule has 0 rings (SSSR count). The summed E-state index contributed by atoms with van der Waals surface area (Å²) in [5.74, 6) is -0.910. The van der Waals surface area contributed by atoms with Crippen molar-refractivity contribution in [3.05, 3.63) is 36.5 Å². The molecule has 0 aromatic heterocycles. The average Bonchev–Trinajstić information content (AvgIpc) is 2.97. The van der Waals surface area contributed by atoms with Crippen LogP contribution in [0, 0.1) is 0 Å². The SMILES string of the molecule is CC/C=C/C=C/C=C/CCCCCCCC(=O)OC(COC(=O)CCCCCCCCCCCCCC)COP(=O)(O)O. The molecule has 0 radical (unpaired) electrons. The lowest BCUT2D eigenvalue weighted by molar-refractivity contribution is -0.161. The zero-order valence-electron chi connectivity index (χ0n) is 27.1. The largest absolute Gasteiger partial charge is 0.469 e. The van der Waals surface area contributed by atoms with Gasteiger partial charge in [0.2, 0.25) is 0 Å². The van der Waals surface area contributed by atoms with E-state index in [1.807, 2.05) is 18.2 Å². The maximum Gasteiger partial charge on any atom is 0.469 e. The summed E-state index contributed by atoms with van der Waals surface area (Å²) in [7, 11) is -4.75. The van der Waals surface area contributed by atoms with Crippen LogP contribution in [0.3, 0.4) is 0 Å². The van der Waals surface area contributed by atoms with E-state index in [0.717, 1.165) is 57.8 Å². The Hall–Kier alpha value is -1.73. The van der Waals surface area contributed by atoms with Crippen LogP contribution in [-0.4, -0.2) is 41.0 Å². The number of rotatable bonds is 30. The molecule has 0 saturated heterocycles. The molecular formula is C34H61O8P. The number of unbranched alkanes of at least 4 members (excludes halogenated alkanes) is 16. The van der Waals surface area contributed by atoms with E-state index in [2.05, 4.69) is 36.6 Å². The van der Waals surface area contributed by atoms with Crippen molar-refractivity contribution in [3.63, 3.8) is 0 Å². The minimum absolute atomic E-state index is 0.190. The Balaban J connectivity index is 4.05. The van der Waals surface area contributed by atoms with Crippen LogP contribution in [0.2, 0.25) is 0 Å². The molecule has 0 heterocycles. The molecule has 0 aliphatic rings. The van der Waals surface area contributed by atoms with Crippen LogP contribution in [-0.2, 0) is 28.2 Å². The highest BCUT2D eigenvalue weighted by Crippen LogP contribution is 2.35. The molecule has 0 aromatic carbocycles. The maximum atomic E-state index is 12.3. The van der Waals surface area contributed by atoms with Gasteiger partial charge in [0.15, 0.2) is 6.10 Å². The highest BCUT2D eigenvalue weighted by molar-refractivity contribution is 7.46. The van der Waals surface area contributed by atoms with E-state index in [0.29, 0.717) is 6.42 Å². The van der Waals surface area contributed by atoms with E-state index in [4.69, 9.17) is 19.3 Å². The summed E-state index contributed by atoms with van der Waals surface area (Å²) in [6, 6.07) is 0. The summed E-state index contributed by atoms with van der Waals surface area (Å²) in [6.45, 7) is 3.50. The van der Waals surface area contributed by atoms with Gasteiger partial charge in [0.25, 0.3) is 0 Å². The molecule has 0 saturated carbocycles. The van der Waals surface area contributed by atoms with Gasteiger partial charge >= 0.3 is 19.8 Å². The summed E-state index contributed by atoms with van der Waals surface area (Å²) >= 11 is 0. The van der Waals surface area contributed by atoms with E-state index in [1.165, 1.54) is 57.8 Å². The monoisotopic (exact) mass is 628 g/mol. The molecule has 0 spiro atoms. The van der Waals surface area contributed by atoms with Crippen LogP contribution in [0.4, 0.5) is 0 Å². The van der Waals surface area contributed by atoms with Crippen molar-refractivity contribution in [2.24, 2.45) is 0 Å². The van der Waals surface area contributed by atoms with Gasteiger partial charge in [-0.05, 0) is 32.1 Å². The summed E-state index contributed by atoms with van der Waals surface area (Å²) in [6.07, 6.45) is 33.0. The summed E-state index contributed by atoms with van der Waals surface area (Å²) in [4.78, 5) is 42.5. The summed E-state index contributed by atoms with van der Waals surface area (Å²) in [5, 5.41) is 0. The van der Waals surface area contributed by atoms with Crippen LogP contribution >= 0.6 is 7.82 Å². The Bertz CT molecular complexity index is 802. The zero-order valence-corrected chi connectivity index (χ0v) is 28.0. The first-order chi connectivity index (χ1) is 20.8. The van der Waals surface area contributed by atoms with Crippen molar-refractivity contribution >= 4 is 19.8 Å². The number of hydrogen-bond donors (Lipinski definition) is 2. The second-order valence-corrected chi connectivity index (χ2v) is 12.4. The van der Waals surface area contributed by atoms with E-state index in [1.54, 1.807) is 0 Å². The van der Waals surface area contributed by atoms with Gasteiger partial charge in [0.1, 0.15) is 6.61 Å². The summed E-state index contributed by atoms with van der Waals surface area (Å²) < 4.78 is 26.2. The highest BCUT2D eigenvalue weighted by atomic mass is 31.2. The minimum atomic E-state index is -4.75. The van der Waals surface area contributed by atoms with E-state index < -0.39 is 32.5 Å². The minimum Gasteiger partial charge on any atom is -0.462 e. The molecule has 0 amide bonds. The van der Waals surface area contributed by atoms with Crippen molar-refractivity contribution in [1.29, 1.82) is 0 Å². The fraction of sp³-hybridized carbons (Fsp3) is 0.765. The first-order valence-corrected chi connectivity index (χ1v) is 18.3. The molecule has 9 heteroatoms. The topological polar surface area (TPSA) is 119 Å². The number of carbonyl (C=O) groups is 2. The molecule has 2 N–H and O–H groups in total. The van der Waals surface area contributed by atoms with Crippen LogP contribution in [0.1, 0.15) is 149 Å². The second-order valence-electron chi connectivity index (χ2n) is 11.2. The molecule has 1 atom stereocenters.